The Morgan fingerprint density at radius 3 is 2.71 bits per heavy atom. The smallest absolute Gasteiger partial charge is 0.227 e. The van der Waals surface area contributed by atoms with E-state index in [2.05, 4.69) is 23.5 Å². The normalized spacial score (nSPS) is 16.0. The van der Waals surface area contributed by atoms with Gasteiger partial charge in [0.25, 0.3) is 0 Å². The van der Waals surface area contributed by atoms with E-state index in [1.807, 2.05) is 27.1 Å². The van der Waals surface area contributed by atoms with Crippen LogP contribution in [0.25, 0.3) is 0 Å². The third kappa shape index (κ3) is 2.47. The van der Waals surface area contributed by atoms with Crippen LogP contribution < -0.4 is 10.2 Å². The lowest BCUT2D eigenvalue weighted by atomic mass is 9.94. The Bertz CT molecular complexity index is 675. The molecular formula is C17H20N2O2. The number of fused-ring (bicyclic) bond motifs is 1. The number of anilines is 1. The van der Waals surface area contributed by atoms with Gasteiger partial charge in [-0.3, -0.25) is 4.79 Å². The second-order valence-corrected chi connectivity index (χ2v) is 5.55. The quantitative estimate of drug-likeness (QED) is 0.942. The summed E-state index contributed by atoms with van der Waals surface area (Å²) in [6.07, 6.45) is 3.20. The van der Waals surface area contributed by atoms with E-state index in [1.165, 1.54) is 11.1 Å². The van der Waals surface area contributed by atoms with Gasteiger partial charge < -0.3 is 14.6 Å². The van der Waals surface area contributed by atoms with Gasteiger partial charge in [-0.15, -0.1) is 0 Å². The van der Waals surface area contributed by atoms with E-state index in [4.69, 9.17) is 4.42 Å². The standard InChI is InChI=1S/C17H20N2O2/c1-11-8-14(10-21-11)17(18-2)13-4-6-15-12(9-13)5-7-16(20)19(15)3/h4,6,8-10,17-18H,5,7H2,1-3H3. The van der Waals surface area contributed by atoms with Crippen LogP contribution in [0.3, 0.4) is 0 Å². The van der Waals surface area contributed by atoms with Crippen molar-refractivity contribution in [3.8, 4) is 0 Å². The molecule has 1 atom stereocenters. The fourth-order valence-electron chi connectivity index (χ4n) is 3.00. The summed E-state index contributed by atoms with van der Waals surface area (Å²) in [6.45, 7) is 1.95. The number of rotatable bonds is 3. The molecular weight excluding hydrogens is 264 g/mol. The van der Waals surface area contributed by atoms with Crippen LogP contribution in [0.15, 0.2) is 34.9 Å². The predicted molar refractivity (Wildman–Crippen MR) is 82.5 cm³/mol. The first-order valence-corrected chi connectivity index (χ1v) is 7.22. The topological polar surface area (TPSA) is 45.5 Å². The van der Waals surface area contributed by atoms with Gasteiger partial charge in [0.1, 0.15) is 5.76 Å². The van der Waals surface area contributed by atoms with Crippen LogP contribution in [-0.2, 0) is 11.2 Å². The Balaban J connectivity index is 1.98. The molecule has 1 N–H and O–H groups in total. The zero-order valence-corrected chi connectivity index (χ0v) is 12.6. The van der Waals surface area contributed by atoms with E-state index in [0.29, 0.717) is 6.42 Å². The van der Waals surface area contributed by atoms with Crippen LogP contribution in [0, 0.1) is 6.92 Å². The number of carbonyl (C=O) groups excluding carboxylic acids is 1. The molecule has 0 spiro atoms. The molecule has 1 aliphatic rings. The zero-order valence-electron chi connectivity index (χ0n) is 12.6. The number of furan rings is 1. The maximum atomic E-state index is 11.8. The lowest BCUT2D eigenvalue weighted by molar-refractivity contribution is -0.118. The van der Waals surface area contributed by atoms with Crippen molar-refractivity contribution in [3.63, 3.8) is 0 Å². The van der Waals surface area contributed by atoms with E-state index in [1.54, 1.807) is 11.2 Å². The van der Waals surface area contributed by atoms with Gasteiger partial charge in [0, 0.05) is 24.7 Å². The number of carbonyl (C=O) groups is 1. The van der Waals surface area contributed by atoms with Crippen LogP contribution in [-0.4, -0.2) is 20.0 Å². The van der Waals surface area contributed by atoms with Crippen molar-refractivity contribution in [2.75, 3.05) is 19.0 Å². The fourth-order valence-corrected chi connectivity index (χ4v) is 3.00. The Kier molecular flexibility index (Phi) is 3.55. The van der Waals surface area contributed by atoms with Crippen molar-refractivity contribution in [2.24, 2.45) is 0 Å². The molecule has 3 rings (SSSR count). The van der Waals surface area contributed by atoms with Gasteiger partial charge in [0.15, 0.2) is 0 Å². The molecule has 21 heavy (non-hydrogen) atoms. The van der Waals surface area contributed by atoms with Gasteiger partial charge in [-0.05, 0) is 43.7 Å². The van der Waals surface area contributed by atoms with E-state index in [-0.39, 0.29) is 11.9 Å². The van der Waals surface area contributed by atoms with Crippen LogP contribution >= 0.6 is 0 Å². The molecule has 4 heteroatoms. The third-order valence-electron chi connectivity index (χ3n) is 4.15. The molecule has 1 aromatic carbocycles. The summed E-state index contributed by atoms with van der Waals surface area (Å²) in [5.74, 6) is 1.10. The Morgan fingerprint density at radius 1 is 1.24 bits per heavy atom. The highest BCUT2D eigenvalue weighted by atomic mass is 16.3. The number of nitrogens with one attached hydrogen (secondary N) is 1. The monoisotopic (exact) mass is 284 g/mol. The fraction of sp³-hybridized carbons (Fsp3) is 0.353. The second kappa shape index (κ2) is 5.37. The SMILES string of the molecule is CNC(c1coc(C)c1)c1ccc2c(c1)CCC(=O)N2C. The molecule has 0 radical (unpaired) electrons. The molecule has 2 heterocycles. The number of nitrogens with zero attached hydrogens (tertiary/aromatic N) is 1. The van der Waals surface area contributed by atoms with Gasteiger partial charge in [-0.25, -0.2) is 0 Å². The molecule has 1 aliphatic heterocycles. The minimum Gasteiger partial charge on any atom is -0.469 e. The average molecular weight is 284 g/mol. The highest BCUT2D eigenvalue weighted by Crippen LogP contribution is 2.31. The van der Waals surface area contributed by atoms with E-state index in [9.17, 15) is 4.79 Å². The summed E-state index contributed by atoms with van der Waals surface area (Å²) in [4.78, 5) is 13.5. The van der Waals surface area contributed by atoms with Crippen LogP contribution in [0.4, 0.5) is 5.69 Å². The van der Waals surface area contributed by atoms with Gasteiger partial charge in [-0.1, -0.05) is 12.1 Å². The highest BCUT2D eigenvalue weighted by molar-refractivity contribution is 5.95. The van der Waals surface area contributed by atoms with Gasteiger partial charge in [0.2, 0.25) is 5.91 Å². The maximum absolute atomic E-state index is 11.8. The molecule has 0 saturated carbocycles. The zero-order chi connectivity index (χ0) is 15.0. The lowest BCUT2D eigenvalue weighted by Gasteiger charge is -2.27. The lowest BCUT2D eigenvalue weighted by Crippen LogP contribution is -2.31. The Hall–Kier alpha value is -2.07. The predicted octanol–water partition coefficient (Wildman–Crippen LogP) is 2.81. The summed E-state index contributed by atoms with van der Waals surface area (Å²) >= 11 is 0. The van der Waals surface area contributed by atoms with Crippen molar-refractivity contribution in [3.05, 3.63) is 53.0 Å². The summed E-state index contributed by atoms with van der Waals surface area (Å²) in [7, 11) is 3.79. The van der Waals surface area contributed by atoms with E-state index >= 15 is 0 Å². The molecule has 0 bridgehead atoms. The molecule has 0 saturated heterocycles. The van der Waals surface area contributed by atoms with E-state index < -0.39 is 0 Å². The summed E-state index contributed by atoms with van der Waals surface area (Å²) in [5, 5.41) is 3.33. The third-order valence-corrected chi connectivity index (χ3v) is 4.15. The average Bonchev–Trinajstić information content (AvgIpc) is 2.90. The maximum Gasteiger partial charge on any atom is 0.227 e. The minimum atomic E-state index is 0.107. The number of hydrogen-bond donors (Lipinski definition) is 1. The van der Waals surface area contributed by atoms with Crippen molar-refractivity contribution in [2.45, 2.75) is 25.8 Å². The van der Waals surface area contributed by atoms with Crippen molar-refractivity contribution in [1.82, 2.24) is 5.32 Å². The molecule has 1 unspecified atom stereocenters. The van der Waals surface area contributed by atoms with Crippen LogP contribution in [0.1, 0.15) is 34.9 Å². The Morgan fingerprint density at radius 2 is 2.05 bits per heavy atom. The van der Waals surface area contributed by atoms with Crippen LogP contribution in [0.5, 0.6) is 0 Å². The molecule has 2 aromatic rings. The highest BCUT2D eigenvalue weighted by Gasteiger charge is 2.22. The number of aryl methyl sites for hydroxylation is 2. The molecule has 1 amide bonds. The van der Waals surface area contributed by atoms with Crippen molar-refractivity contribution >= 4 is 11.6 Å². The molecule has 0 aliphatic carbocycles. The second-order valence-electron chi connectivity index (χ2n) is 5.55. The molecule has 0 fully saturated rings. The first-order valence-electron chi connectivity index (χ1n) is 7.22. The molecule has 110 valence electrons. The number of benzene rings is 1. The van der Waals surface area contributed by atoms with Crippen LogP contribution in [0.2, 0.25) is 0 Å². The van der Waals surface area contributed by atoms with Crippen molar-refractivity contribution in [1.29, 1.82) is 0 Å². The first-order chi connectivity index (χ1) is 10.1. The van der Waals surface area contributed by atoms with Gasteiger partial charge >= 0.3 is 0 Å². The first kappa shape index (κ1) is 13.9. The Labute approximate surface area is 124 Å². The molecule has 1 aromatic heterocycles. The number of hydrogen-bond acceptors (Lipinski definition) is 3. The summed E-state index contributed by atoms with van der Waals surface area (Å²) in [6, 6.07) is 8.48. The summed E-state index contributed by atoms with van der Waals surface area (Å²) < 4.78 is 5.42. The largest absolute Gasteiger partial charge is 0.469 e. The molecule has 4 nitrogen and oxygen atoms in total. The van der Waals surface area contributed by atoms with Gasteiger partial charge in [-0.2, -0.15) is 0 Å². The van der Waals surface area contributed by atoms with E-state index in [0.717, 1.165) is 23.4 Å². The summed E-state index contributed by atoms with van der Waals surface area (Å²) in [5.41, 5.74) is 4.57. The van der Waals surface area contributed by atoms with Gasteiger partial charge in [0.05, 0.1) is 12.3 Å². The van der Waals surface area contributed by atoms with Crippen molar-refractivity contribution < 1.29 is 9.21 Å². The number of amides is 1. The minimum absolute atomic E-state index is 0.107.